The average Bonchev–Trinajstić information content (AvgIpc) is 2.55. The van der Waals surface area contributed by atoms with Gasteiger partial charge in [-0.2, -0.15) is 0 Å². The molecule has 0 spiro atoms. The Morgan fingerprint density at radius 2 is 1.79 bits per heavy atom. The van der Waals surface area contributed by atoms with Crippen LogP contribution in [-0.4, -0.2) is 25.1 Å². The molecule has 2 saturated carbocycles. The van der Waals surface area contributed by atoms with Crippen LogP contribution in [0, 0.1) is 11.8 Å². The maximum Gasteiger partial charge on any atom is 0.227 e. The van der Waals surface area contributed by atoms with Gasteiger partial charge in [-0.25, -0.2) is 0 Å². The molecule has 5 heteroatoms. The second-order valence-corrected chi connectivity index (χ2v) is 7.21. The molecule has 2 aliphatic rings. The van der Waals surface area contributed by atoms with Crippen molar-refractivity contribution in [1.29, 1.82) is 0 Å². The number of nitrogens with one attached hydrogen (secondary N) is 1. The summed E-state index contributed by atoms with van der Waals surface area (Å²) in [5, 5.41) is 3.34. The lowest BCUT2D eigenvalue weighted by molar-refractivity contribution is -0.124. The number of methoxy groups -OCH3 is 1. The third kappa shape index (κ3) is 4.04. The monoisotopic (exact) mass is 352 g/mol. The zero-order chi connectivity index (χ0) is 16.4. The molecular weight excluding hydrogens is 324 g/mol. The maximum absolute atomic E-state index is 12.7. The lowest BCUT2D eigenvalue weighted by Gasteiger charge is -2.45. The molecule has 3 N–H and O–H groups in total. The van der Waals surface area contributed by atoms with E-state index in [0.717, 1.165) is 24.2 Å². The summed E-state index contributed by atoms with van der Waals surface area (Å²) in [6.07, 6.45) is 5.79. The molecule has 3 rings (SSSR count). The van der Waals surface area contributed by atoms with Crippen LogP contribution >= 0.6 is 12.4 Å². The van der Waals surface area contributed by atoms with Crippen LogP contribution in [0.4, 0.5) is 0 Å². The fourth-order valence-electron chi connectivity index (χ4n) is 4.36. The number of rotatable bonds is 4. The number of nitrogens with two attached hydrogens (primary N) is 1. The van der Waals surface area contributed by atoms with Crippen LogP contribution in [0.5, 0.6) is 5.75 Å². The van der Waals surface area contributed by atoms with Crippen molar-refractivity contribution in [1.82, 2.24) is 5.32 Å². The van der Waals surface area contributed by atoms with Crippen LogP contribution in [0.15, 0.2) is 24.3 Å². The minimum atomic E-state index is -0.141. The van der Waals surface area contributed by atoms with Crippen molar-refractivity contribution in [3.63, 3.8) is 0 Å². The van der Waals surface area contributed by atoms with E-state index in [9.17, 15) is 4.79 Å². The number of fused-ring (bicyclic) bond motifs is 2. The molecule has 4 nitrogen and oxygen atoms in total. The van der Waals surface area contributed by atoms with Crippen molar-refractivity contribution in [3.05, 3.63) is 29.8 Å². The number of hydrogen-bond acceptors (Lipinski definition) is 3. The fraction of sp³-hybridized carbons (Fsp3) is 0.632. The first-order valence-corrected chi connectivity index (χ1v) is 8.78. The van der Waals surface area contributed by atoms with Crippen LogP contribution in [0.2, 0.25) is 0 Å². The molecule has 2 aliphatic carbocycles. The van der Waals surface area contributed by atoms with Gasteiger partial charge < -0.3 is 15.8 Å². The van der Waals surface area contributed by atoms with E-state index >= 15 is 0 Å². The predicted octanol–water partition coefficient (Wildman–Crippen LogP) is 3.24. The minimum absolute atomic E-state index is 0. The van der Waals surface area contributed by atoms with E-state index in [1.165, 1.54) is 19.3 Å². The van der Waals surface area contributed by atoms with E-state index in [1.807, 2.05) is 31.2 Å². The maximum atomic E-state index is 12.7. The van der Waals surface area contributed by atoms with Gasteiger partial charge in [-0.05, 0) is 62.1 Å². The quantitative estimate of drug-likeness (QED) is 0.874. The molecule has 2 bridgehead atoms. The van der Waals surface area contributed by atoms with Crippen LogP contribution in [-0.2, 0) is 4.79 Å². The number of carbonyl (C=O) groups is 1. The summed E-state index contributed by atoms with van der Waals surface area (Å²) in [5.74, 6) is 1.93. The summed E-state index contributed by atoms with van der Waals surface area (Å²) in [5.41, 5.74) is 7.20. The van der Waals surface area contributed by atoms with E-state index in [-0.39, 0.29) is 24.2 Å². The number of hydrogen-bond donors (Lipinski definition) is 2. The van der Waals surface area contributed by atoms with Crippen LogP contribution in [0.1, 0.15) is 50.5 Å². The summed E-state index contributed by atoms with van der Waals surface area (Å²) in [6, 6.07) is 8.40. The van der Waals surface area contributed by atoms with E-state index < -0.39 is 0 Å². The van der Waals surface area contributed by atoms with Crippen molar-refractivity contribution in [2.45, 2.75) is 57.0 Å². The Balaban J connectivity index is 0.00000208. The van der Waals surface area contributed by atoms with E-state index in [1.54, 1.807) is 7.11 Å². The topological polar surface area (TPSA) is 64.3 Å². The van der Waals surface area contributed by atoms with Gasteiger partial charge in [-0.15, -0.1) is 12.4 Å². The fourth-order valence-corrected chi connectivity index (χ4v) is 4.36. The molecule has 3 atom stereocenters. The van der Waals surface area contributed by atoms with Crippen LogP contribution < -0.4 is 15.8 Å². The molecule has 0 aliphatic heterocycles. The van der Waals surface area contributed by atoms with Gasteiger partial charge in [0.2, 0.25) is 5.91 Å². The van der Waals surface area contributed by atoms with Gasteiger partial charge >= 0.3 is 0 Å². The Hall–Kier alpha value is -1.26. The summed E-state index contributed by atoms with van der Waals surface area (Å²) in [4.78, 5) is 12.7. The smallest absolute Gasteiger partial charge is 0.227 e. The van der Waals surface area contributed by atoms with Crippen molar-refractivity contribution in [2.24, 2.45) is 17.6 Å². The Kier molecular flexibility index (Phi) is 6.53. The molecule has 0 radical (unpaired) electrons. The number of carbonyl (C=O) groups excluding carboxylic acids is 1. The highest BCUT2D eigenvalue weighted by Gasteiger charge is 2.40. The van der Waals surface area contributed by atoms with Gasteiger partial charge in [0.15, 0.2) is 0 Å². The van der Waals surface area contributed by atoms with Gasteiger partial charge in [0, 0.05) is 12.1 Å². The minimum Gasteiger partial charge on any atom is -0.497 e. The first-order chi connectivity index (χ1) is 11.1. The number of ether oxygens (including phenoxy) is 1. The van der Waals surface area contributed by atoms with Gasteiger partial charge in [-0.1, -0.05) is 18.6 Å². The van der Waals surface area contributed by atoms with E-state index in [2.05, 4.69) is 5.32 Å². The third-order valence-electron chi connectivity index (χ3n) is 5.69. The standard InChI is InChI=1S/C19H28N2O2.ClH/c1-12(13-6-8-17(23-2)9-7-13)19(22)21-18-14-4-3-5-15(18)11-16(20)10-14;/h6-9,12,14-16,18H,3-5,10-11,20H2,1-2H3,(H,21,22);1H. The summed E-state index contributed by atoms with van der Waals surface area (Å²) in [6.45, 7) is 1.97. The van der Waals surface area contributed by atoms with Gasteiger partial charge in [0.1, 0.15) is 5.75 Å². The van der Waals surface area contributed by atoms with Crippen LogP contribution in [0.3, 0.4) is 0 Å². The van der Waals surface area contributed by atoms with Crippen molar-refractivity contribution < 1.29 is 9.53 Å². The normalized spacial score (nSPS) is 30.0. The Labute approximate surface area is 150 Å². The number of benzene rings is 1. The lowest BCUT2D eigenvalue weighted by Crippen LogP contribution is -2.54. The van der Waals surface area contributed by atoms with E-state index in [4.69, 9.17) is 10.5 Å². The first kappa shape index (κ1) is 19.1. The molecule has 0 saturated heterocycles. The summed E-state index contributed by atoms with van der Waals surface area (Å²) >= 11 is 0. The molecule has 0 heterocycles. The average molecular weight is 353 g/mol. The molecule has 3 unspecified atom stereocenters. The van der Waals surface area contributed by atoms with Crippen molar-refractivity contribution in [3.8, 4) is 5.75 Å². The van der Waals surface area contributed by atoms with E-state index in [0.29, 0.717) is 23.9 Å². The molecular formula is C19H29ClN2O2. The molecule has 2 fully saturated rings. The highest BCUT2D eigenvalue weighted by molar-refractivity contribution is 5.85. The molecule has 0 aromatic heterocycles. The third-order valence-corrected chi connectivity index (χ3v) is 5.69. The van der Waals surface area contributed by atoms with Crippen LogP contribution in [0.25, 0.3) is 0 Å². The van der Waals surface area contributed by atoms with Crippen molar-refractivity contribution in [2.75, 3.05) is 7.11 Å². The highest BCUT2D eigenvalue weighted by Crippen LogP contribution is 2.40. The first-order valence-electron chi connectivity index (χ1n) is 8.78. The zero-order valence-corrected chi connectivity index (χ0v) is 15.4. The second-order valence-electron chi connectivity index (χ2n) is 7.21. The van der Waals surface area contributed by atoms with Gasteiger partial charge in [0.05, 0.1) is 13.0 Å². The molecule has 1 amide bonds. The number of halogens is 1. The summed E-state index contributed by atoms with van der Waals surface area (Å²) < 4.78 is 5.18. The lowest BCUT2D eigenvalue weighted by atomic mass is 9.67. The Bertz CT molecular complexity index is 535. The van der Waals surface area contributed by atoms with Crippen molar-refractivity contribution >= 4 is 18.3 Å². The zero-order valence-electron chi connectivity index (χ0n) is 14.5. The summed E-state index contributed by atoms with van der Waals surface area (Å²) in [7, 11) is 1.65. The largest absolute Gasteiger partial charge is 0.497 e. The highest BCUT2D eigenvalue weighted by atomic mass is 35.5. The number of amides is 1. The molecule has 1 aromatic rings. The molecule has 24 heavy (non-hydrogen) atoms. The SMILES string of the molecule is COc1ccc(C(C)C(=O)NC2C3CCCC2CC(N)C3)cc1.Cl. The van der Waals surface area contributed by atoms with Gasteiger partial charge in [0.25, 0.3) is 0 Å². The predicted molar refractivity (Wildman–Crippen MR) is 98.6 cm³/mol. The molecule has 1 aromatic carbocycles. The Morgan fingerprint density at radius 1 is 1.21 bits per heavy atom. The molecule has 134 valence electrons. The van der Waals surface area contributed by atoms with Gasteiger partial charge in [-0.3, -0.25) is 4.79 Å². The second kappa shape index (κ2) is 8.21. The Morgan fingerprint density at radius 3 is 2.33 bits per heavy atom.